The smallest absolute Gasteiger partial charge is 0.161 e. The van der Waals surface area contributed by atoms with Crippen LogP contribution in [0.2, 0.25) is 0 Å². The van der Waals surface area contributed by atoms with Crippen LogP contribution in [0, 0.1) is 5.92 Å². The van der Waals surface area contributed by atoms with Crippen molar-refractivity contribution in [2.24, 2.45) is 5.92 Å². The number of ether oxygens (including phenoxy) is 2. The van der Waals surface area contributed by atoms with Crippen molar-refractivity contribution in [2.45, 2.75) is 19.1 Å². The van der Waals surface area contributed by atoms with E-state index in [0.717, 1.165) is 26.3 Å². The summed E-state index contributed by atoms with van der Waals surface area (Å²) in [6.45, 7) is 3.70. The van der Waals surface area contributed by atoms with Gasteiger partial charge >= 0.3 is 0 Å². The van der Waals surface area contributed by atoms with Crippen LogP contribution in [0.4, 0.5) is 0 Å². The second-order valence-corrected chi connectivity index (χ2v) is 3.22. The Bertz CT molecular complexity index is 115. The minimum absolute atomic E-state index is 0.0822. The molecule has 0 unspecified atom stereocenters. The lowest BCUT2D eigenvalue weighted by atomic mass is 10.0. The molecule has 0 aromatic rings. The molecular formula is C8H15NO2. The number of fused-ring (bicyclic) bond motifs is 1. The maximum atomic E-state index is 5.52. The van der Waals surface area contributed by atoms with E-state index in [0.29, 0.717) is 5.92 Å². The molecule has 0 amide bonds. The molecule has 0 spiro atoms. The average Bonchev–Trinajstić information content (AvgIpc) is 2.28. The van der Waals surface area contributed by atoms with Gasteiger partial charge in [-0.25, -0.2) is 0 Å². The van der Waals surface area contributed by atoms with E-state index in [1.807, 2.05) is 0 Å². The SMILES string of the molecule is C1CO[C@@H]2OCCNC[C@@H]2C1. The first-order valence-corrected chi connectivity index (χ1v) is 4.41. The van der Waals surface area contributed by atoms with Crippen LogP contribution in [0.1, 0.15) is 12.8 Å². The average molecular weight is 157 g/mol. The largest absolute Gasteiger partial charge is 0.352 e. The topological polar surface area (TPSA) is 30.5 Å². The lowest BCUT2D eigenvalue weighted by molar-refractivity contribution is -0.182. The van der Waals surface area contributed by atoms with Gasteiger partial charge in [-0.2, -0.15) is 0 Å². The zero-order valence-electron chi connectivity index (χ0n) is 6.71. The van der Waals surface area contributed by atoms with Crippen LogP contribution in [0.25, 0.3) is 0 Å². The molecule has 0 aromatic carbocycles. The molecule has 2 fully saturated rings. The standard InChI is InChI=1S/C8H15NO2/c1-2-7-6-9-3-5-11-8(7)10-4-1/h7-9H,1-6H2/t7-,8+/m0/s1. The maximum Gasteiger partial charge on any atom is 0.161 e. The molecule has 2 heterocycles. The fourth-order valence-electron chi connectivity index (χ4n) is 1.73. The molecule has 0 bridgehead atoms. The third-order valence-electron chi connectivity index (χ3n) is 2.35. The van der Waals surface area contributed by atoms with Gasteiger partial charge < -0.3 is 14.8 Å². The Morgan fingerprint density at radius 1 is 1.18 bits per heavy atom. The first-order chi connectivity index (χ1) is 5.47. The summed E-state index contributed by atoms with van der Waals surface area (Å²) in [5.74, 6) is 0.589. The van der Waals surface area contributed by atoms with Gasteiger partial charge in [0.1, 0.15) is 0 Å². The maximum absolute atomic E-state index is 5.52. The molecule has 64 valence electrons. The Morgan fingerprint density at radius 2 is 2.09 bits per heavy atom. The molecule has 0 radical (unpaired) electrons. The molecule has 2 rings (SSSR count). The van der Waals surface area contributed by atoms with Crippen molar-refractivity contribution in [3.63, 3.8) is 0 Å². The summed E-state index contributed by atoms with van der Waals surface area (Å²) in [4.78, 5) is 0. The number of hydrogen-bond acceptors (Lipinski definition) is 3. The molecule has 3 heteroatoms. The number of nitrogens with one attached hydrogen (secondary N) is 1. The highest BCUT2D eigenvalue weighted by Gasteiger charge is 2.27. The first kappa shape index (κ1) is 7.53. The van der Waals surface area contributed by atoms with Gasteiger partial charge in [0.05, 0.1) is 6.61 Å². The molecule has 2 aliphatic heterocycles. The zero-order chi connectivity index (χ0) is 7.52. The predicted octanol–water partition coefficient (Wildman–Crippen LogP) is 0.359. The fourth-order valence-corrected chi connectivity index (χ4v) is 1.73. The van der Waals surface area contributed by atoms with Crippen molar-refractivity contribution in [1.82, 2.24) is 5.32 Å². The van der Waals surface area contributed by atoms with Gasteiger partial charge in [-0.15, -0.1) is 0 Å². The fraction of sp³-hybridized carbons (Fsp3) is 1.00. The van der Waals surface area contributed by atoms with Crippen LogP contribution >= 0.6 is 0 Å². The van der Waals surface area contributed by atoms with Crippen molar-refractivity contribution in [1.29, 1.82) is 0 Å². The van der Waals surface area contributed by atoms with Gasteiger partial charge in [-0.3, -0.25) is 0 Å². The van der Waals surface area contributed by atoms with Gasteiger partial charge in [0, 0.05) is 25.6 Å². The van der Waals surface area contributed by atoms with Gasteiger partial charge in [0.2, 0.25) is 0 Å². The lowest BCUT2D eigenvalue weighted by Crippen LogP contribution is -2.34. The van der Waals surface area contributed by atoms with E-state index in [1.165, 1.54) is 12.8 Å². The third kappa shape index (κ3) is 1.72. The third-order valence-corrected chi connectivity index (χ3v) is 2.35. The van der Waals surface area contributed by atoms with Crippen molar-refractivity contribution >= 4 is 0 Å². The second kappa shape index (κ2) is 3.52. The highest BCUT2D eigenvalue weighted by molar-refractivity contribution is 4.72. The van der Waals surface area contributed by atoms with E-state index < -0.39 is 0 Å². The first-order valence-electron chi connectivity index (χ1n) is 4.41. The molecule has 11 heavy (non-hydrogen) atoms. The summed E-state index contributed by atoms with van der Waals surface area (Å²) < 4.78 is 11.0. The van der Waals surface area contributed by atoms with Crippen molar-refractivity contribution in [2.75, 3.05) is 26.3 Å². The van der Waals surface area contributed by atoms with E-state index in [9.17, 15) is 0 Å². The van der Waals surface area contributed by atoms with Crippen LogP contribution in [-0.2, 0) is 9.47 Å². The molecule has 0 aromatic heterocycles. The molecule has 2 atom stereocenters. The van der Waals surface area contributed by atoms with Gasteiger partial charge in [-0.05, 0) is 12.8 Å². The zero-order valence-corrected chi connectivity index (χ0v) is 6.71. The summed E-state index contributed by atoms with van der Waals surface area (Å²) in [5, 5.41) is 3.34. The minimum Gasteiger partial charge on any atom is -0.352 e. The highest BCUT2D eigenvalue weighted by atomic mass is 16.7. The van der Waals surface area contributed by atoms with Crippen LogP contribution in [0.5, 0.6) is 0 Å². The Labute approximate surface area is 67.1 Å². The second-order valence-electron chi connectivity index (χ2n) is 3.22. The minimum atomic E-state index is 0.0822. The molecule has 0 saturated carbocycles. The van der Waals surface area contributed by atoms with Gasteiger partial charge in [-0.1, -0.05) is 0 Å². The van der Waals surface area contributed by atoms with Crippen molar-refractivity contribution in [3.05, 3.63) is 0 Å². The highest BCUT2D eigenvalue weighted by Crippen LogP contribution is 2.21. The molecular weight excluding hydrogens is 142 g/mol. The Morgan fingerprint density at radius 3 is 3.09 bits per heavy atom. The molecule has 2 saturated heterocycles. The van der Waals surface area contributed by atoms with Crippen LogP contribution < -0.4 is 5.32 Å². The van der Waals surface area contributed by atoms with E-state index in [1.54, 1.807) is 0 Å². The van der Waals surface area contributed by atoms with E-state index >= 15 is 0 Å². The lowest BCUT2D eigenvalue weighted by Gasteiger charge is -2.29. The van der Waals surface area contributed by atoms with E-state index in [4.69, 9.17) is 9.47 Å². The summed E-state index contributed by atoms with van der Waals surface area (Å²) in [7, 11) is 0. The molecule has 3 nitrogen and oxygen atoms in total. The Hall–Kier alpha value is -0.120. The van der Waals surface area contributed by atoms with Crippen LogP contribution in [0.15, 0.2) is 0 Å². The van der Waals surface area contributed by atoms with Crippen LogP contribution in [0.3, 0.4) is 0 Å². The molecule has 1 N–H and O–H groups in total. The van der Waals surface area contributed by atoms with Gasteiger partial charge in [0.15, 0.2) is 6.29 Å². The van der Waals surface area contributed by atoms with Crippen molar-refractivity contribution < 1.29 is 9.47 Å². The summed E-state index contributed by atoms with van der Waals surface area (Å²) >= 11 is 0. The summed E-state index contributed by atoms with van der Waals surface area (Å²) in [6.07, 6.45) is 2.52. The molecule has 2 aliphatic rings. The predicted molar refractivity (Wildman–Crippen MR) is 41.3 cm³/mol. The van der Waals surface area contributed by atoms with Crippen molar-refractivity contribution in [3.8, 4) is 0 Å². The normalized spacial score (nSPS) is 39.3. The summed E-state index contributed by atoms with van der Waals surface area (Å²) in [6, 6.07) is 0. The number of hydrogen-bond donors (Lipinski definition) is 1. The van der Waals surface area contributed by atoms with Crippen LogP contribution in [-0.4, -0.2) is 32.6 Å². The quantitative estimate of drug-likeness (QED) is 0.550. The number of rotatable bonds is 0. The molecule has 0 aliphatic carbocycles. The van der Waals surface area contributed by atoms with E-state index in [-0.39, 0.29) is 6.29 Å². The van der Waals surface area contributed by atoms with E-state index in [2.05, 4.69) is 5.32 Å². The Kier molecular flexibility index (Phi) is 2.41. The Balaban J connectivity index is 1.93. The summed E-state index contributed by atoms with van der Waals surface area (Å²) in [5.41, 5.74) is 0. The van der Waals surface area contributed by atoms with Gasteiger partial charge in [0.25, 0.3) is 0 Å². The monoisotopic (exact) mass is 157 g/mol.